The average molecular weight is 277 g/mol. The first-order chi connectivity index (χ1) is 9.90. The van der Waals surface area contributed by atoms with Crippen LogP contribution in [0.2, 0.25) is 0 Å². The van der Waals surface area contributed by atoms with E-state index in [2.05, 4.69) is 15.5 Å². The number of nitrogens with zero attached hydrogens (tertiary/aromatic N) is 1. The van der Waals surface area contributed by atoms with E-state index in [1.165, 1.54) is 77.4 Å². The Hall–Kier alpha value is -0.120. The molecular weight excluding hydrogens is 246 g/mol. The number of piperidine rings is 1. The molecule has 4 unspecified atom stereocenters. The molecule has 3 nitrogen and oxygen atoms in total. The number of hydrogen-bond donors (Lipinski definition) is 2. The fourth-order valence-electron chi connectivity index (χ4n) is 4.92. The van der Waals surface area contributed by atoms with Crippen LogP contribution in [0, 0.1) is 5.92 Å². The van der Waals surface area contributed by atoms with Gasteiger partial charge in [0.2, 0.25) is 0 Å². The molecule has 2 saturated heterocycles. The van der Waals surface area contributed by atoms with Gasteiger partial charge in [0.1, 0.15) is 0 Å². The molecule has 3 heteroatoms. The number of hydrogen-bond acceptors (Lipinski definition) is 3. The Balaban J connectivity index is 1.30. The summed E-state index contributed by atoms with van der Waals surface area (Å²) in [5, 5.41) is 7.86. The van der Waals surface area contributed by atoms with Crippen LogP contribution in [-0.4, -0.2) is 48.7 Å². The lowest BCUT2D eigenvalue weighted by atomic mass is 9.88. The van der Waals surface area contributed by atoms with Crippen LogP contribution in [0.5, 0.6) is 0 Å². The topological polar surface area (TPSA) is 27.3 Å². The van der Waals surface area contributed by atoms with Gasteiger partial charge in [0, 0.05) is 37.3 Å². The molecule has 0 amide bonds. The highest BCUT2D eigenvalue weighted by atomic mass is 15.2. The number of nitrogens with one attached hydrogen (secondary N) is 2. The maximum atomic E-state index is 4.06. The van der Waals surface area contributed by atoms with E-state index in [1.807, 2.05) is 0 Å². The highest BCUT2D eigenvalue weighted by molar-refractivity contribution is 4.97. The Morgan fingerprint density at radius 2 is 1.85 bits per heavy atom. The van der Waals surface area contributed by atoms with Crippen LogP contribution in [0.3, 0.4) is 0 Å². The number of likely N-dealkylation sites (tertiary alicyclic amines) is 1. The maximum Gasteiger partial charge on any atom is 0.0210 e. The van der Waals surface area contributed by atoms with E-state index in [-0.39, 0.29) is 0 Å². The first kappa shape index (κ1) is 13.5. The van der Waals surface area contributed by atoms with Gasteiger partial charge in [0.25, 0.3) is 0 Å². The summed E-state index contributed by atoms with van der Waals surface area (Å²) >= 11 is 0. The summed E-state index contributed by atoms with van der Waals surface area (Å²) < 4.78 is 0. The van der Waals surface area contributed by atoms with E-state index < -0.39 is 0 Å². The Labute approximate surface area is 123 Å². The summed E-state index contributed by atoms with van der Waals surface area (Å²) in [6.07, 6.45) is 12.9. The SMILES string of the molecule is C1CCC(C2CCCC2NC2CCN(C3CC3)C2)NC1. The van der Waals surface area contributed by atoms with Crippen molar-refractivity contribution >= 4 is 0 Å². The molecule has 4 rings (SSSR count). The molecule has 0 aromatic rings. The zero-order valence-electron chi connectivity index (χ0n) is 12.8. The third-order valence-corrected chi connectivity index (χ3v) is 6.17. The molecule has 2 aliphatic carbocycles. The molecule has 2 heterocycles. The van der Waals surface area contributed by atoms with Crippen LogP contribution in [0.15, 0.2) is 0 Å². The second-order valence-corrected chi connectivity index (χ2v) is 7.64. The van der Waals surface area contributed by atoms with Crippen LogP contribution in [-0.2, 0) is 0 Å². The minimum atomic E-state index is 0.782. The fourth-order valence-corrected chi connectivity index (χ4v) is 4.92. The summed E-state index contributed by atoms with van der Waals surface area (Å²) in [5.41, 5.74) is 0. The van der Waals surface area contributed by atoms with Gasteiger partial charge in [0.15, 0.2) is 0 Å². The van der Waals surface area contributed by atoms with Gasteiger partial charge in [-0.15, -0.1) is 0 Å². The van der Waals surface area contributed by atoms with E-state index >= 15 is 0 Å². The Kier molecular flexibility index (Phi) is 4.02. The molecule has 0 aromatic heterocycles. The molecule has 0 spiro atoms. The van der Waals surface area contributed by atoms with Crippen LogP contribution < -0.4 is 10.6 Å². The molecule has 2 saturated carbocycles. The van der Waals surface area contributed by atoms with Crippen molar-refractivity contribution in [3.05, 3.63) is 0 Å². The van der Waals surface area contributed by atoms with Gasteiger partial charge in [0.05, 0.1) is 0 Å². The van der Waals surface area contributed by atoms with Gasteiger partial charge >= 0.3 is 0 Å². The molecule has 2 N–H and O–H groups in total. The van der Waals surface area contributed by atoms with Crippen molar-refractivity contribution in [2.75, 3.05) is 19.6 Å². The maximum absolute atomic E-state index is 4.06. The lowest BCUT2D eigenvalue weighted by molar-refractivity contribution is 0.242. The van der Waals surface area contributed by atoms with Gasteiger partial charge in [-0.25, -0.2) is 0 Å². The van der Waals surface area contributed by atoms with Crippen molar-refractivity contribution in [1.29, 1.82) is 0 Å². The quantitative estimate of drug-likeness (QED) is 0.824. The van der Waals surface area contributed by atoms with Gasteiger partial charge in [-0.05, 0) is 57.4 Å². The summed E-state index contributed by atoms with van der Waals surface area (Å²) in [7, 11) is 0. The van der Waals surface area contributed by atoms with Crippen LogP contribution >= 0.6 is 0 Å². The second kappa shape index (κ2) is 5.94. The van der Waals surface area contributed by atoms with E-state index in [1.54, 1.807) is 0 Å². The van der Waals surface area contributed by atoms with Gasteiger partial charge in [-0.2, -0.15) is 0 Å². The minimum absolute atomic E-state index is 0.782. The van der Waals surface area contributed by atoms with Crippen molar-refractivity contribution in [2.24, 2.45) is 5.92 Å². The highest BCUT2D eigenvalue weighted by Crippen LogP contribution is 2.34. The molecule has 20 heavy (non-hydrogen) atoms. The summed E-state index contributed by atoms with van der Waals surface area (Å²) in [6.45, 7) is 3.93. The van der Waals surface area contributed by atoms with Crippen LogP contribution in [0.25, 0.3) is 0 Å². The Morgan fingerprint density at radius 3 is 2.65 bits per heavy atom. The van der Waals surface area contributed by atoms with Gasteiger partial charge in [-0.1, -0.05) is 12.8 Å². The standard InChI is InChI=1S/C17H31N3/c1-2-10-18-16(5-1)15-4-3-6-17(15)19-13-9-11-20(12-13)14-7-8-14/h13-19H,1-12H2. The molecule has 2 aliphatic heterocycles. The summed E-state index contributed by atoms with van der Waals surface area (Å²) in [4.78, 5) is 2.74. The van der Waals surface area contributed by atoms with E-state index in [0.29, 0.717) is 0 Å². The highest BCUT2D eigenvalue weighted by Gasteiger charge is 2.38. The van der Waals surface area contributed by atoms with Crippen molar-refractivity contribution < 1.29 is 0 Å². The number of rotatable bonds is 4. The molecular formula is C17H31N3. The predicted octanol–water partition coefficient (Wildman–Crippen LogP) is 2.12. The molecule has 0 bridgehead atoms. The lowest BCUT2D eigenvalue weighted by Gasteiger charge is -2.34. The zero-order chi connectivity index (χ0) is 13.4. The van der Waals surface area contributed by atoms with E-state index in [0.717, 1.165) is 30.1 Å². The van der Waals surface area contributed by atoms with Crippen LogP contribution in [0.1, 0.15) is 57.8 Å². The van der Waals surface area contributed by atoms with Crippen molar-refractivity contribution in [3.8, 4) is 0 Å². The van der Waals surface area contributed by atoms with Crippen molar-refractivity contribution in [2.45, 2.75) is 82.0 Å². The van der Waals surface area contributed by atoms with Gasteiger partial charge in [-0.3, -0.25) is 4.90 Å². The van der Waals surface area contributed by atoms with Crippen molar-refractivity contribution in [1.82, 2.24) is 15.5 Å². The largest absolute Gasteiger partial charge is 0.314 e. The molecule has 4 fully saturated rings. The molecule has 4 atom stereocenters. The summed E-state index contributed by atoms with van der Waals surface area (Å²) in [5.74, 6) is 0.908. The van der Waals surface area contributed by atoms with Crippen LogP contribution in [0.4, 0.5) is 0 Å². The van der Waals surface area contributed by atoms with E-state index in [4.69, 9.17) is 0 Å². The fraction of sp³-hybridized carbons (Fsp3) is 1.00. The monoisotopic (exact) mass is 277 g/mol. The average Bonchev–Trinajstić information content (AvgIpc) is 3.06. The molecule has 0 radical (unpaired) electrons. The first-order valence-corrected chi connectivity index (χ1v) is 9.13. The molecule has 114 valence electrons. The molecule has 4 aliphatic rings. The van der Waals surface area contributed by atoms with E-state index in [9.17, 15) is 0 Å². The lowest BCUT2D eigenvalue weighted by Crippen LogP contribution is -2.49. The molecule has 0 aromatic carbocycles. The second-order valence-electron chi connectivity index (χ2n) is 7.64. The zero-order valence-corrected chi connectivity index (χ0v) is 12.8. The Morgan fingerprint density at radius 1 is 0.900 bits per heavy atom. The smallest absolute Gasteiger partial charge is 0.0210 e. The minimum Gasteiger partial charge on any atom is -0.314 e. The van der Waals surface area contributed by atoms with Gasteiger partial charge < -0.3 is 10.6 Å². The predicted molar refractivity (Wildman–Crippen MR) is 82.9 cm³/mol. The third-order valence-electron chi connectivity index (χ3n) is 6.17. The Bertz CT molecular complexity index is 322. The normalized spacial score (nSPS) is 43.2. The first-order valence-electron chi connectivity index (χ1n) is 9.13. The van der Waals surface area contributed by atoms with Crippen molar-refractivity contribution in [3.63, 3.8) is 0 Å². The third kappa shape index (κ3) is 2.90. The summed E-state index contributed by atoms with van der Waals surface area (Å²) in [6, 6.07) is 3.35.